The Hall–Kier alpha value is -1.73. The van der Waals surface area contributed by atoms with Crippen molar-refractivity contribution >= 4 is 5.97 Å². The van der Waals surface area contributed by atoms with Crippen molar-refractivity contribution in [3.05, 3.63) is 23.8 Å². The molecule has 0 spiro atoms. The molecule has 0 amide bonds. The second-order valence-corrected chi connectivity index (χ2v) is 6.14. The first kappa shape index (κ1) is 23.3. The van der Waals surface area contributed by atoms with E-state index in [9.17, 15) is 20.1 Å². The molecule has 0 bridgehead atoms. The lowest BCUT2D eigenvalue weighted by molar-refractivity contribution is -0.314. The van der Waals surface area contributed by atoms with Crippen LogP contribution in [0.1, 0.15) is 49.6 Å². The molecular formula is C16H26N2O9. The Morgan fingerprint density at radius 3 is 2.37 bits per heavy atom. The molecule has 1 rings (SSSR count). The Morgan fingerprint density at radius 2 is 1.81 bits per heavy atom. The van der Waals surface area contributed by atoms with Gasteiger partial charge in [-0.2, -0.15) is 0 Å². The number of ether oxygens (including phenoxy) is 1. The number of aliphatic carboxylic acids is 1. The van der Waals surface area contributed by atoms with Crippen LogP contribution in [-0.2, 0) is 16.0 Å². The minimum absolute atomic E-state index is 0.0497. The van der Waals surface area contributed by atoms with Crippen molar-refractivity contribution in [3.8, 4) is 0 Å². The Morgan fingerprint density at radius 1 is 1.11 bits per heavy atom. The zero-order chi connectivity index (χ0) is 20.4. The summed E-state index contributed by atoms with van der Waals surface area (Å²) in [7, 11) is 0. The third-order valence-corrected chi connectivity index (χ3v) is 3.63. The number of aliphatic hydroxyl groups is 6. The van der Waals surface area contributed by atoms with E-state index in [0.29, 0.717) is 12.1 Å². The first-order valence-corrected chi connectivity index (χ1v) is 8.44. The molecule has 3 atom stereocenters. The Balaban J connectivity index is 2.40. The van der Waals surface area contributed by atoms with Crippen LogP contribution in [0.25, 0.3) is 0 Å². The summed E-state index contributed by atoms with van der Waals surface area (Å²) < 4.78 is 4.92. The van der Waals surface area contributed by atoms with Gasteiger partial charge in [0, 0.05) is 25.5 Å². The molecule has 1 heterocycles. The fraction of sp³-hybridized carbons (Fsp3) is 0.688. The van der Waals surface area contributed by atoms with Crippen LogP contribution >= 0.6 is 0 Å². The fourth-order valence-electron chi connectivity index (χ4n) is 2.18. The van der Waals surface area contributed by atoms with Gasteiger partial charge in [0.1, 0.15) is 12.2 Å². The highest BCUT2D eigenvalue weighted by Gasteiger charge is 2.23. The number of hydrogen-bond donors (Lipinski definition) is 7. The zero-order valence-corrected chi connectivity index (χ0v) is 14.7. The van der Waals surface area contributed by atoms with Crippen LogP contribution < -0.4 is 0 Å². The molecule has 0 saturated heterocycles. The summed E-state index contributed by atoms with van der Waals surface area (Å²) in [5, 5.41) is 64.4. The van der Waals surface area contributed by atoms with Crippen molar-refractivity contribution in [2.75, 3.05) is 6.61 Å². The zero-order valence-electron chi connectivity index (χ0n) is 14.7. The van der Waals surface area contributed by atoms with Gasteiger partial charge in [-0.05, 0) is 19.3 Å². The van der Waals surface area contributed by atoms with Gasteiger partial charge in [-0.25, -0.2) is 0 Å². The molecule has 1 aromatic heterocycles. The Bertz CT molecular complexity index is 562. The molecular weight excluding hydrogens is 364 g/mol. The van der Waals surface area contributed by atoms with Crippen molar-refractivity contribution in [3.63, 3.8) is 0 Å². The molecule has 0 aromatic carbocycles. The highest BCUT2D eigenvalue weighted by atomic mass is 16.7. The fourth-order valence-corrected chi connectivity index (χ4v) is 2.18. The maximum absolute atomic E-state index is 10.4. The SMILES string of the molecule is O=C(O)CCCOC(O)C(O)CC(O)c1cnc(CCCC(O)(O)O)cn1. The van der Waals surface area contributed by atoms with Crippen LogP contribution in [-0.4, -0.2) is 76.7 Å². The van der Waals surface area contributed by atoms with Crippen molar-refractivity contribution in [1.82, 2.24) is 9.97 Å². The van der Waals surface area contributed by atoms with Gasteiger partial charge in [0.15, 0.2) is 6.29 Å². The number of carboxylic acids is 1. The maximum atomic E-state index is 10.4. The van der Waals surface area contributed by atoms with E-state index < -0.39 is 30.4 Å². The van der Waals surface area contributed by atoms with Gasteiger partial charge in [-0.1, -0.05) is 0 Å². The van der Waals surface area contributed by atoms with Gasteiger partial charge in [0.2, 0.25) is 0 Å². The van der Waals surface area contributed by atoms with E-state index in [1.807, 2.05) is 0 Å². The number of aromatic nitrogens is 2. The van der Waals surface area contributed by atoms with E-state index in [-0.39, 0.29) is 44.4 Å². The summed E-state index contributed by atoms with van der Waals surface area (Å²) in [4.78, 5) is 18.4. The van der Waals surface area contributed by atoms with Gasteiger partial charge in [-0.3, -0.25) is 14.8 Å². The van der Waals surface area contributed by atoms with Crippen LogP contribution in [0.4, 0.5) is 0 Å². The first-order chi connectivity index (χ1) is 12.6. The van der Waals surface area contributed by atoms with Gasteiger partial charge in [0.05, 0.1) is 24.2 Å². The lowest BCUT2D eigenvalue weighted by atomic mass is 10.1. The van der Waals surface area contributed by atoms with E-state index in [1.165, 1.54) is 12.4 Å². The number of nitrogens with zero attached hydrogens (tertiary/aromatic N) is 2. The smallest absolute Gasteiger partial charge is 0.303 e. The average Bonchev–Trinajstić information content (AvgIpc) is 2.57. The molecule has 0 radical (unpaired) electrons. The standard InChI is InChI=1S/C16H26N2O9/c19-12(7-13(20)15(23)27-6-2-4-14(21)22)11-9-17-10(8-18-11)3-1-5-16(24,25)26/h8-9,12-13,15,19-20,23-26H,1-7H2,(H,21,22). The van der Waals surface area contributed by atoms with Gasteiger partial charge < -0.3 is 40.5 Å². The molecule has 0 aliphatic carbocycles. The van der Waals surface area contributed by atoms with E-state index >= 15 is 0 Å². The second kappa shape index (κ2) is 11.2. The number of aryl methyl sites for hydroxylation is 1. The summed E-state index contributed by atoms with van der Waals surface area (Å²) in [5.41, 5.74) is 0.675. The minimum atomic E-state index is -2.73. The molecule has 11 nitrogen and oxygen atoms in total. The lowest BCUT2D eigenvalue weighted by Crippen LogP contribution is -2.31. The first-order valence-electron chi connectivity index (χ1n) is 8.44. The molecule has 0 aliphatic heterocycles. The van der Waals surface area contributed by atoms with E-state index in [0.717, 1.165) is 0 Å². The quantitative estimate of drug-likeness (QED) is 0.152. The van der Waals surface area contributed by atoms with Crippen molar-refractivity contribution in [1.29, 1.82) is 0 Å². The highest BCUT2D eigenvalue weighted by molar-refractivity contribution is 5.66. The summed E-state index contributed by atoms with van der Waals surface area (Å²) >= 11 is 0. The molecule has 0 fully saturated rings. The molecule has 7 N–H and O–H groups in total. The normalized spacial score (nSPS) is 15.3. The van der Waals surface area contributed by atoms with E-state index in [4.69, 9.17) is 25.2 Å². The lowest BCUT2D eigenvalue weighted by Gasteiger charge is -2.20. The number of rotatable bonds is 13. The summed E-state index contributed by atoms with van der Waals surface area (Å²) in [6.45, 7) is -0.0497. The van der Waals surface area contributed by atoms with Crippen molar-refractivity contribution < 1.29 is 45.3 Å². The van der Waals surface area contributed by atoms with Crippen molar-refractivity contribution in [2.24, 2.45) is 0 Å². The number of aliphatic hydroxyl groups excluding tert-OH is 3. The highest BCUT2D eigenvalue weighted by Crippen LogP contribution is 2.18. The molecule has 27 heavy (non-hydrogen) atoms. The second-order valence-electron chi connectivity index (χ2n) is 6.14. The number of carbonyl (C=O) groups is 1. The van der Waals surface area contributed by atoms with Crippen LogP contribution in [0.5, 0.6) is 0 Å². The van der Waals surface area contributed by atoms with Gasteiger partial charge in [0.25, 0.3) is 5.97 Å². The molecule has 154 valence electrons. The van der Waals surface area contributed by atoms with Gasteiger partial charge in [-0.15, -0.1) is 0 Å². The third kappa shape index (κ3) is 10.2. The monoisotopic (exact) mass is 390 g/mol. The minimum Gasteiger partial charge on any atom is -0.481 e. The van der Waals surface area contributed by atoms with Crippen LogP contribution in [0.15, 0.2) is 12.4 Å². The van der Waals surface area contributed by atoms with Crippen LogP contribution in [0, 0.1) is 0 Å². The molecule has 0 aliphatic rings. The van der Waals surface area contributed by atoms with Crippen LogP contribution in [0.2, 0.25) is 0 Å². The molecule has 0 saturated carbocycles. The summed E-state index contributed by atoms with van der Waals surface area (Å²) in [5.74, 6) is -3.72. The molecule has 1 aromatic rings. The third-order valence-electron chi connectivity index (χ3n) is 3.63. The summed E-state index contributed by atoms with van der Waals surface area (Å²) in [6.07, 6.45) is -1.40. The Labute approximate surface area is 155 Å². The Kier molecular flexibility index (Phi) is 9.66. The van der Waals surface area contributed by atoms with Gasteiger partial charge >= 0.3 is 5.97 Å². The largest absolute Gasteiger partial charge is 0.481 e. The molecule has 11 heteroatoms. The topological polar surface area (TPSA) is 194 Å². The van der Waals surface area contributed by atoms with E-state index in [1.54, 1.807) is 0 Å². The number of carboxylic acid groups (broad SMARTS) is 1. The maximum Gasteiger partial charge on any atom is 0.303 e. The average molecular weight is 390 g/mol. The number of hydrogen-bond acceptors (Lipinski definition) is 10. The molecule has 3 unspecified atom stereocenters. The van der Waals surface area contributed by atoms with Crippen LogP contribution in [0.3, 0.4) is 0 Å². The summed E-state index contributed by atoms with van der Waals surface area (Å²) in [6, 6.07) is 0. The predicted octanol–water partition coefficient (Wildman–Crippen LogP) is -1.59. The van der Waals surface area contributed by atoms with Crippen molar-refractivity contribution in [2.45, 2.75) is 63.0 Å². The van der Waals surface area contributed by atoms with E-state index in [2.05, 4.69) is 9.97 Å². The predicted molar refractivity (Wildman–Crippen MR) is 88.8 cm³/mol.